The maximum Gasteiger partial charge on any atom is 0.257 e. The molecule has 3 nitrogen and oxygen atoms in total. The van der Waals surface area contributed by atoms with Crippen molar-refractivity contribution in [3.05, 3.63) is 36.0 Å². The average molecular weight is 260 g/mol. The van der Waals surface area contributed by atoms with E-state index in [4.69, 9.17) is 0 Å². The summed E-state index contributed by atoms with van der Waals surface area (Å²) >= 11 is 0. The fourth-order valence-electron chi connectivity index (χ4n) is 2.37. The molecule has 1 aromatic carbocycles. The van der Waals surface area contributed by atoms with E-state index in [9.17, 15) is 9.18 Å². The Bertz CT molecular complexity index is 615. The fraction of sp³-hybridized carbons (Fsp3) is 0.400. The molecule has 100 valence electrons. The number of nitrogens with one attached hydrogen (secondary N) is 2. The SMILES string of the molecule is C[C@H](Cc1c[nH]c2ccccc12)NC(=O)C1(F)CC1. The van der Waals surface area contributed by atoms with Gasteiger partial charge >= 0.3 is 0 Å². The number of halogens is 1. The van der Waals surface area contributed by atoms with Gasteiger partial charge in [-0.3, -0.25) is 4.79 Å². The third-order valence-corrected chi connectivity index (χ3v) is 3.67. The van der Waals surface area contributed by atoms with Crippen LogP contribution in [0.25, 0.3) is 10.9 Å². The van der Waals surface area contributed by atoms with Gasteiger partial charge in [0.2, 0.25) is 0 Å². The molecule has 2 aromatic rings. The van der Waals surface area contributed by atoms with Crippen molar-refractivity contribution in [3.63, 3.8) is 0 Å². The van der Waals surface area contributed by atoms with Crippen molar-refractivity contribution < 1.29 is 9.18 Å². The van der Waals surface area contributed by atoms with E-state index in [0.29, 0.717) is 19.3 Å². The van der Waals surface area contributed by atoms with Crippen LogP contribution in [-0.4, -0.2) is 22.6 Å². The van der Waals surface area contributed by atoms with Crippen molar-refractivity contribution in [2.45, 2.75) is 37.9 Å². The van der Waals surface area contributed by atoms with Gasteiger partial charge in [-0.1, -0.05) is 18.2 Å². The Labute approximate surface area is 111 Å². The summed E-state index contributed by atoms with van der Waals surface area (Å²) in [6, 6.07) is 7.97. The number of fused-ring (bicyclic) bond motifs is 1. The first-order valence-electron chi connectivity index (χ1n) is 6.63. The number of carbonyl (C=O) groups excluding carboxylic acids is 1. The Balaban J connectivity index is 1.69. The van der Waals surface area contributed by atoms with Crippen molar-refractivity contribution in [1.82, 2.24) is 10.3 Å². The summed E-state index contributed by atoms with van der Waals surface area (Å²) in [5.74, 6) is -0.458. The molecule has 1 amide bonds. The number of benzene rings is 1. The van der Waals surface area contributed by atoms with Crippen LogP contribution in [0, 0.1) is 0 Å². The second kappa shape index (κ2) is 4.37. The zero-order valence-electron chi connectivity index (χ0n) is 10.9. The zero-order valence-corrected chi connectivity index (χ0v) is 10.9. The Morgan fingerprint density at radius 2 is 2.21 bits per heavy atom. The highest BCUT2D eigenvalue weighted by Crippen LogP contribution is 2.39. The van der Waals surface area contributed by atoms with Crippen LogP contribution in [0.15, 0.2) is 30.5 Å². The molecule has 0 radical (unpaired) electrons. The van der Waals surface area contributed by atoms with Gasteiger partial charge in [-0.25, -0.2) is 4.39 Å². The number of rotatable bonds is 4. The Morgan fingerprint density at radius 3 is 2.95 bits per heavy atom. The third-order valence-electron chi connectivity index (χ3n) is 3.67. The lowest BCUT2D eigenvalue weighted by Crippen LogP contribution is -2.40. The summed E-state index contributed by atoms with van der Waals surface area (Å²) in [5, 5.41) is 3.91. The van der Waals surface area contributed by atoms with Gasteiger partial charge in [-0.15, -0.1) is 0 Å². The number of aromatic nitrogens is 1. The minimum absolute atomic E-state index is 0.0695. The molecule has 2 N–H and O–H groups in total. The maximum absolute atomic E-state index is 13.6. The molecular formula is C15H17FN2O. The molecule has 1 fully saturated rings. The number of hydrogen-bond donors (Lipinski definition) is 2. The highest BCUT2D eigenvalue weighted by Gasteiger charge is 2.51. The van der Waals surface area contributed by atoms with E-state index < -0.39 is 11.6 Å². The molecule has 1 heterocycles. The van der Waals surface area contributed by atoms with Crippen molar-refractivity contribution in [1.29, 1.82) is 0 Å². The second-order valence-corrected chi connectivity index (χ2v) is 5.40. The summed E-state index contributed by atoms with van der Waals surface area (Å²) in [7, 11) is 0. The van der Waals surface area contributed by atoms with E-state index in [1.807, 2.05) is 37.4 Å². The molecule has 19 heavy (non-hydrogen) atoms. The number of aromatic amines is 1. The standard InChI is InChI=1S/C15H17FN2O/c1-10(18-14(19)15(16)6-7-15)8-11-9-17-13-5-3-2-4-12(11)13/h2-5,9-10,17H,6-8H2,1H3,(H,18,19)/t10-/m1/s1. The maximum atomic E-state index is 13.6. The summed E-state index contributed by atoms with van der Waals surface area (Å²) in [6.45, 7) is 1.91. The van der Waals surface area contributed by atoms with Gasteiger partial charge in [-0.05, 0) is 37.8 Å². The second-order valence-electron chi connectivity index (χ2n) is 5.40. The van der Waals surface area contributed by atoms with Gasteiger partial charge in [0.25, 0.3) is 5.91 Å². The third kappa shape index (κ3) is 2.35. The van der Waals surface area contributed by atoms with Crippen LogP contribution in [-0.2, 0) is 11.2 Å². The van der Waals surface area contributed by atoms with Gasteiger partial charge < -0.3 is 10.3 Å². The lowest BCUT2D eigenvalue weighted by Gasteiger charge is -2.15. The van der Waals surface area contributed by atoms with E-state index in [2.05, 4.69) is 10.3 Å². The summed E-state index contributed by atoms with van der Waals surface area (Å²) in [5.41, 5.74) is 0.640. The van der Waals surface area contributed by atoms with Crippen LogP contribution in [0.2, 0.25) is 0 Å². The van der Waals surface area contributed by atoms with E-state index >= 15 is 0 Å². The topological polar surface area (TPSA) is 44.9 Å². The van der Waals surface area contributed by atoms with Crippen LogP contribution in [0.5, 0.6) is 0 Å². The normalized spacial score (nSPS) is 18.2. The van der Waals surface area contributed by atoms with Crippen molar-refractivity contribution in [3.8, 4) is 0 Å². The molecular weight excluding hydrogens is 243 g/mol. The Hall–Kier alpha value is -1.84. The van der Waals surface area contributed by atoms with Gasteiger partial charge in [0, 0.05) is 23.1 Å². The largest absolute Gasteiger partial charge is 0.361 e. The Morgan fingerprint density at radius 1 is 1.47 bits per heavy atom. The number of alkyl halides is 1. The smallest absolute Gasteiger partial charge is 0.257 e. The van der Waals surface area contributed by atoms with E-state index in [0.717, 1.165) is 16.5 Å². The lowest BCUT2D eigenvalue weighted by molar-refractivity contribution is -0.128. The molecule has 3 rings (SSSR count). The molecule has 0 unspecified atom stereocenters. The fourth-order valence-corrected chi connectivity index (χ4v) is 2.37. The molecule has 4 heteroatoms. The van der Waals surface area contributed by atoms with E-state index in [1.165, 1.54) is 0 Å². The van der Waals surface area contributed by atoms with Crippen LogP contribution >= 0.6 is 0 Å². The molecule has 1 atom stereocenters. The van der Waals surface area contributed by atoms with Crippen molar-refractivity contribution in [2.24, 2.45) is 0 Å². The summed E-state index contributed by atoms with van der Waals surface area (Å²) < 4.78 is 13.6. The first kappa shape index (κ1) is 12.2. The molecule has 0 bridgehead atoms. The summed E-state index contributed by atoms with van der Waals surface area (Å²) in [6.07, 6.45) is 3.37. The van der Waals surface area contributed by atoms with Gasteiger partial charge in [0.15, 0.2) is 5.67 Å². The van der Waals surface area contributed by atoms with Crippen molar-refractivity contribution in [2.75, 3.05) is 0 Å². The highest BCUT2D eigenvalue weighted by molar-refractivity contribution is 5.88. The van der Waals surface area contributed by atoms with E-state index in [-0.39, 0.29) is 6.04 Å². The molecule has 1 aliphatic rings. The Kier molecular flexibility index (Phi) is 2.81. The number of H-pyrrole nitrogens is 1. The molecule has 0 spiro atoms. The number of amides is 1. The predicted octanol–water partition coefficient (Wildman–Crippen LogP) is 2.72. The van der Waals surface area contributed by atoms with Gasteiger partial charge in [0.1, 0.15) is 0 Å². The molecule has 1 aliphatic carbocycles. The minimum atomic E-state index is -1.59. The van der Waals surface area contributed by atoms with Crippen molar-refractivity contribution >= 4 is 16.8 Å². The average Bonchev–Trinajstić information content (AvgIpc) is 3.02. The molecule has 1 aromatic heterocycles. The zero-order chi connectivity index (χ0) is 13.5. The monoisotopic (exact) mass is 260 g/mol. The minimum Gasteiger partial charge on any atom is -0.361 e. The lowest BCUT2D eigenvalue weighted by atomic mass is 10.1. The van der Waals surface area contributed by atoms with E-state index in [1.54, 1.807) is 0 Å². The van der Waals surface area contributed by atoms with Crippen LogP contribution in [0.4, 0.5) is 4.39 Å². The molecule has 1 saturated carbocycles. The quantitative estimate of drug-likeness (QED) is 0.872. The number of carbonyl (C=O) groups is 1. The number of hydrogen-bond acceptors (Lipinski definition) is 1. The van der Waals surface area contributed by atoms with Crippen LogP contribution < -0.4 is 5.32 Å². The molecule has 0 aliphatic heterocycles. The highest BCUT2D eigenvalue weighted by atomic mass is 19.1. The number of para-hydroxylation sites is 1. The van der Waals surface area contributed by atoms with Crippen LogP contribution in [0.3, 0.4) is 0 Å². The van der Waals surface area contributed by atoms with Gasteiger partial charge in [-0.2, -0.15) is 0 Å². The van der Waals surface area contributed by atoms with Crippen LogP contribution in [0.1, 0.15) is 25.3 Å². The van der Waals surface area contributed by atoms with Gasteiger partial charge in [0.05, 0.1) is 0 Å². The molecule has 0 saturated heterocycles. The predicted molar refractivity (Wildman–Crippen MR) is 72.7 cm³/mol. The first-order valence-corrected chi connectivity index (χ1v) is 6.63. The first-order chi connectivity index (χ1) is 9.08. The summed E-state index contributed by atoms with van der Waals surface area (Å²) in [4.78, 5) is 14.8.